The van der Waals surface area contributed by atoms with Gasteiger partial charge < -0.3 is 4.42 Å². The number of hydrogen-bond acceptors (Lipinski definition) is 4. The van der Waals surface area contributed by atoms with Crippen LogP contribution in [0, 0.1) is 0 Å². The maximum atomic E-state index is 6.47. The van der Waals surface area contributed by atoms with Gasteiger partial charge in [0, 0.05) is 43.6 Å². The molecule has 0 aliphatic heterocycles. The first-order chi connectivity index (χ1) is 31.1. The Morgan fingerprint density at radius 1 is 0.381 bits per heavy atom. The zero-order chi connectivity index (χ0) is 42.0. The third kappa shape index (κ3) is 5.96. The largest absolute Gasteiger partial charge is 0.456 e. The maximum absolute atomic E-state index is 6.47. The van der Waals surface area contributed by atoms with Gasteiger partial charge in [-0.25, -0.2) is 4.98 Å². The average molecular weight is 809 g/mol. The molecular weight excluding hydrogens is 769 g/mol. The van der Waals surface area contributed by atoms with Gasteiger partial charge in [-0.3, -0.25) is 4.57 Å². The van der Waals surface area contributed by atoms with E-state index in [9.17, 15) is 0 Å². The predicted molar refractivity (Wildman–Crippen MR) is 264 cm³/mol. The van der Waals surface area contributed by atoms with Crippen LogP contribution in [0.3, 0.4) is 0 Å². The second kappa shape index (κ2) is 14.8. The van der Waals surface area contributed by atoms with E-state index in [1.807, 2.05) is 12.1 Å². The molecule has 0 saturated carbocycles. The normalized spacial score (nSPS) is 11.7. The lowest BCUT2D eigenvalue weighted by Gasteiger charge is -2.14. The third-order valence-corrected chi connectivity index (χ3v) is 12.2. The van der Waals surface area contributed by atoms with Gasteiger partial charge in [0.05, 0.1) is 11.0 Å². The van der Waals surface area contributed by atoms with Gasteiger partial charge in [0.1, 0.15) is 11.2 Å². The Hall–Kier alpha value is -8.15. The van der Waals surface area contributed by atoms with Crippen LogP contribution in [-0.4, -0.2) is 19.5 Å². The average Bonchev–Trinajstić information content (AvgIpc) is 3.90. The molecule has 0 bridgehead atoms. The van der Waals surface area contributed by atoms with E-state index in [0.29, 0.717) is 17.6 Å². The van der Waals surface area contributed by atoms with Crippen molar-refractivity contribution >= 4 is 86.8 Å². The van der Waals surface area contributed by atoms with Crippen LogP contribution in [0.15, 0.2) is 199 Å². The first-order valence-corrected chi connectivity index (χ1v) is 21.7. The molecule has 298 valence electrons. The fourth-order valence-corrected chi connectivity index (χ4v) is 9.43. The molecule has 5 heteroatoms. The molecule has 0 spiro atoms. The smallest absolute Gasteiger partial charge is 0.238 e. The highest BCUT2D eigenvalue weighted by molar-refractivity contribution is 6.33. The Kier molecular flexibility index (Phi) is 8.61. The summed E-state index contributed by atoms with van der Waals surface area (Å²) >= 11 is 0. The summed E-state index contributed by atoms with van der Waals surface area (Å²) in [5, 5.41) is 13.7. The number of nitrogens with zero attached hydrogens (tertiary/aromatic N) is 4. The molecule has 0 aliphatic carbocycles. The zero-order valence-corrected chi connectivity index (χ0v) is 34.9. The van der Waals surface area contributed by atoms with Crippen LogP contribution in [0.4, 0.5) is 0 Å². The Balaban J connectivity index is 0.00000137. The Morgan fingerprint density at radius 3 is 1.56 bits per heavy atom. The van der Waals surface area contributed by atoms with Gasteiger partial charge in [-0.2, -0.15) is 9.97 Å². The number of furan rings is 1. The van der Waals surface area contributed by atoms with E-state index in [1.54, 1.807) is 0 Å². The Labute approximate surface area is 363 Å². The first-order valence-electron chi connectivity index (χ1n) is 21.7. The molecule has 0 saturated heterocycles. The summed E-state index contributed by atoms with van der Waals surface area (Å²) in [6, 6.07) is 68.6. The molecule has 13 rings (SSSR count). The molecule has 3 heterocycles. The monoisotopic (exact) mass is 808 g/mol. The molecule has 0 radical (unpaired) electrons. The quantitative estimate of drug-likeness (QED) is 0.166. The molecule has 0 fully saturated rings. The second-order valence-corrected chi connectivity index (χ2v) is 16.3. The van der Waals surface area contributed by atoms with Gasteiger partial charge in [-0.15, -0.1) is 0 Å². The second-order valence-electron chi connectivity index (χ2n) is 16.3. The SMILES string of the molecule is CCC.c1ccc2cc(-c3nc(-c4ccc5ccccc5c4)nc(-n4c5c(-c6ccc7c(c6)oc6ccccc67)cccc5c5c6ccccc6c6ccccc6c54)n3)ccc2c1. The van der Waals surface area contributed by atoms with E-state index in [-0.39, 0.29) is 0 Å². The lowest BCUT2D eigenvalue weighted by atomic mass is 9.96. The molecule has 0 amide bonds. The van der Waals surface area contributed by atoms with Crippen molar-refractivity contribution in [1.29, 1.82) is 0 Å². The molecule has 0 atom stereocenters. The van der Waals surface area contributed by atoms with Crippen molar-refractivity contribution in [3.63, 3.8) is 0 Å². The summed E-state index contributed by atoms with van der Waals surface area (Å²) < 4.78 is 8.77. The maximum Gasteiger partial charge on any atom is 0.238 e. The van der Waals surface area contributed by atoms with Crippen molar-refractivity contribution in [3.8, 4) is 39.9 Å². The van der Waals surface area contributed by atoms with E-state index in [4.69, 9.17) is 19.4 Å². The number of hydrogen-bond donors (Lipinski definition) is 0. The molecule has 5 nitrogen and oxygen atoms in total. The van der Waals surface area contributed by atoms with Gasteiger partial charge in [-0.05, 0) is 73.6 Å². The minimum absolute atomic E-state index is 0.550. The number of rotatable bonds is 4. The van der Waals surface area contributed by atoms with Crippen LogP contribution in [0.2, 0.25) is 0 Å². The van der Waals surface area contributed by atoms with Crippen LogP contribution < -0.4 is 0 Å². The first kappa shape index (κ1) is 36.7. The summed E-state index contributed by atoms with van der Waals surface area (Å²) in [7, 11) is 0. The van der Waals surface area contributed by atoms with Gasteiger partial charge in [0.2, 0.25) is 5.95 Å². The summed E-state index contributed by atoms with van der Waals surface area (Å²) in [4.78, 5) is 16.2. The van der Waals surface area contributed by atoms with Crippen LogP contribution in [-0.2, 0) is 0 Å². The van der Waals surface area contributed by atoms with Crippen molar-refractivity contribution in [2.75, 3.05) is 0 Å². The van der Waals surface area contributed by atoms with E-state index >= 15 is 0 Å². The zero-order valence-electron chi connectivity index (χ0n) is 34.9. The van der Waals surface area contributed by atoms with Gasteiger partial charge in [0.15, 0.2) is 11.6 Å². The summed E-state index contributed by atoms with van der Waals surface area (Å²) in [6.07, 6.45) is 1.25. The summed E-state index contributed by atoms with van der Waals surface area (Å²) in [5.41, 5.74) is 7.74. The summed E-state index contributed by atoms with van der Waals surface area (Å²) in [5.74, 6) is 1.76. The topological polar surface area (TPSA) is 56.7 Å². The Bertz CT molecular complexity index is 3840. The molecule has 0 aliphatic rings. The highest BCUT2D eigenvalue weighted by Gasteiger charge is 2.24. The summed E-state index contributed by atoms with van der Waals surface area (Å²) in [6.45, 7) is 4.25. The molecule has 13 aromatic rings. The van der Waals surface area contributed by atoms with E-state index in [2.05, 4.69) is 200 Å². The van der Waals surface area contributed by atoms with Crippen molar-refractivity contribution in [2.45, 2.75) is 20.3 Å². The van der Waals surface area contributed by atoms with Gasteiger partial charge >= 0.3 is 0 Å². The number of benzene rings is 10. The lowest BCUT2D eigenvalue weighted by molar-refractivity contribution is 0.669. The van der Waals surface area contributed by atoms with Crippen LogP contribution in [0.1, 0.15) is 20.3 Å². The fraction of sp³-hybridized carbons (Fsp3) is 0.0517. The highest BCUT2D eigenvalue weighted by Crippen LogP contribution is 2.45. The fourth-order valence-electron chi connectivity index (χ4n) is 9.43. The highest BCUT2D eigenvalue weighted by atomic mass is 16.3. The van der Waals surface area contributed by atoms with Crippen molar-refractivity contribution in [3.05, 3.63) is 194 Å². The van der Waals surface area contributed by atoms with Crippen LogP contribution in [0.25, 0.3) is 127 Å². The van der Waals surface area contributed by atoms with E-state index in [1.165, 1.54) is 22.6 Å². The van der Waals surface area contributed by atoms with E-state index < -0.39 is 0 Å². The third-order valence-electron chi connectivity index (χ3n) is 12.2. The molecule has 3 aromatic heterocycles. The number of aromatic nitrogens is 4. The van der Waals surface area contributed by atoms with Crippen LogP contribution >= 0.6 is 0 Å². The van der Waals surface area contributed by atoms with E-state index in [0.717, 1.165) is 92.9 Å². The van der Waals surface area contributed by atoms with Gasteiger partial charge in [-0.1, -0.05) is 184 Å². The lowest BCUT2D eigenvalue weighted by Crippen LogP contribution is -2.07. The molecule has 63 heavy (non-hydrogen) atoms. The van der Waals surface area contributed by atoms with Crippen molar-refractivity contribution in [1.82, 2.24) is 19.5 Å². The molecular formula is C58H40N4O. The Morgan fingerprint density at radius 2 is 0.889 bits per heavy atom. The standard InChI is InChI=1S/C55H32N4O.C3H8/c1-3-14-35-30-38(26-24-33(35)12-1)53-56-54(39-27-25-34-13-2-4-15-36(34)31-39)58-55(57-53)59-51-40(37-28-29-44-43-18-9-10-23-48(43)60-49(44)32-37)21-11-22-47(51)50-45-19-7-5-16-41(45)42-17-6-8-20-46(42)52(50)59;1-3-2/h1-32H;3H2,1-2H3. The predicted octanol–water partition coefficient (Wildman–Crippen LogP) is 15.9. The minimum atomic E-state index is 0.550. The van der Waals surface area contributed by atoms with Crippen molar-refractivity contribution < 1.29 is 4.42 Å². The molecule has 0 N–H and O–H groups in total. The number of para-hydroxylation sites is 2. The minimum Gasteiger partial charge on any atom is -0.456 e. The van der Waals surface area contributed by atoms with Gasteiger partial charge in [0.25, 0.3) is 0 Å². The molecule has 10 aromatic carbocycles. The van der Waals surface area contributed by atoms with Crippen molar-refractivity contribution in [2.24, 2.45) is 0 Å². The van der Waals surface area contributed by atoms with Crippen LogP contribution in [0.5, 0.6) is 0 Å². The molecule has 0 unspecified atom stereocenters. The number of fused-ring (bicyclic) bond motifs is 13.